The van der Waals surface area contributed by atoms with Crippen molar-refractivity contribution in [2.45, 2.75) is 31.9 Å². The van der Waals surface area contributed by atoms with E-state index in [1.165, 1.54) is 0 Å². The lowest BCUT2D eigenvalue weighted by Crippen LogP contribution is -2.41. The number of hydrogen-bond donors (Lipinski definition) is 0. The number of piperidine rings is 1. The third-order valence-corrected chi connectivity index (χ3v) is 3.44. The molecule has 1 aromatic carbocycles. The fraction of sp³-hybridized carbons (Fsp3) is 0.500. The van der Waals surface area contributed by atoms with Gasteiger partial charge in [0.15, 0.2) is 0 Å². The van der Waals surface area contributed by atoms with Crippen molar-refractivity contribution in [3.63, 3.8) is 0 Å². The van der Waals surface area contributed by atoms with E-state index in [0.29, 0.717) is 11.6 Å². The van der Waals surface area contributed by atoms with E-state index in [0.717, 1.165) is 19.4 Å². The minimum Gasteiger partial charge on any atom is -0.459 e. The lowest BCUT2D eigenvalue weighted by Gasteiger charge is -2.34. The van der Waals surface area contributed by atoms with Crippen molar-refractivity contribution in [1.82, 2.24) is 4.90 Å². The summed E-state index contributed by atoms with van der Waals surface area (Å²) in [6, 6.07) is 9.68. The van der Waals surface area contributed by atoms with Crippen LogP contribution in [0.4, 0.5) is 0 Å². The van der Waals surface area contributed by atoms with Gasteiger partial charge in [0.2, 0.25) is 0 Å². The average molecular weight is 233 g/mol. The molecule has 3 heteroatoms. The van der Waals surface area contributed by atoms with Crippen molar-refractivity contribution in [2.24, 2.45) is 0 Å². The van der Waals surface area contributed by atoms with Gasteiger partial charge in [0, 0.05) is 12.6 Å². The highest BCUT2D eigenvalue weighted by Gasteiger charge is 2.25. The van der Waals surface area contributed by atoms with Crippen LogP contribution in [0.15, 0.2) is 30.3 Å². The number of likely N-dealkylation sites (tertiary alicyclic amines) is 1. The fourth-order valence-electron chi connectivity index (χ4n) is 2.15. The predicted octanol–water partition coefficient (Wildman–Crippen LogP) is 2.33. The molecule has 1 saturated heterocycles. The second-order valence-corrected chi connectivity index (χ2v) is 4.75. The molecule has 3 nitrogen and oxygen atoms in total. The zero-order chi connectivity index (χ0) is 12.3. The summed E-state index contributed by atoms with van der Waals surface area (Å²) in [4.78, 5) is 14.2. The number of carbonyl (C=O) groups is 1. The lowest BCUT2D eigenvalue weighted by atomic mass is 10.0. The molecule has 0 amide bonds. The van der Waals surface area contributed by atoms with Gasteiger partial charge < -0.3 is 9.64 Å². The molecule has 92 valence electrons. The highest BCUT2D eigenvalue weighted by Crippen LogP contribution is 2.19. The molecule has 17 heavy (non-hydrogen) atoms. The maximum Gasteiger partial charge on any atom is 0.338 e. The van der Waals surface area contributed by atoms with Crippen LogP contribution < -0.4 is 0 Å². The standard InChI is InChI=1S/C14H19NO2/c1-11-10-13(8-9-15(11)2)17-14(16)12-6-4-3-5-7-12/h3-7,11,13H,8-10H2,1-2H3. The number of hydrogen-bond acceptors (Lipinski definition) is 3. The molecule has 2 rings (SSSR count). The van der Waals surface area contributed by atoms with Crippen LogP contribution in [0, 0.1) is 0 Å². The normalized spacial score (nSPS) is 25.5. The minimum atomic E-state index is -0.202. The number of rotatable bonds is 2. The highest BCUT2D eigenvalue weighted by molar-refractivity contribution is 5.89. The quantitative estimate of drug-likeness (QED) is 0.734. The molecule has 2 atom stereocenters. The monoisotopic (exact) mass is 233 g/mol. The molecular weight excluding hydrogens is 214 g/mol. The third kappa shape index (κ3) is 3.07. The summed E-state index contributed by atoms with van der Waals surface area (Å²) in [5.41, 5.74) is 0.638. The van der Waals surface area contributed by atoms with Gasteiger partial charge in [-0.15, -0.1) is 0 Å². The van der Waals surface area contributed by atoms with Gasteiger partial charge in [-0.3, -0.25) is 0 Å². The Kier molecular flexibility index (Phi) is 3.79. The van der Waals surface area contributed by atoms with Gasteiger partial charge in [-0.05, 0) is 38.9 Å². The van der Waals surface area contributed by atoms with Gasteiger partial charge in [0.25, 0.3) is 0 Å². The Labute approximate surface area is 102 Å². The number of carbonyl (C=O) groups excluding carboxylic acids is 1. The Hall–Kier alpha value is -1.35. The predicted molar refractivity (Wildman–Crippen MR) is 67.0 cm³/mol. The van der Waals surface area contributed by atoms with Crippen molar-refractivity contribution in [3.05, 3.63) is 35.9 Å². The van der Waals surface area contributed by atoms with Crippen LogP contribution in [0.25, 0.3) is 0 Å². The summed E-state index contributed by atoms with van der Waals surface area (Å²) >= 11 is 0. The van der Waals surface area contributed by atoms with E-state index in [1.54, 1.807) is 12.1 Å². The smallest absolute Gasteiger partial charge is 0.338 e. The molecule has 0 aromatic heterocycles. The van der Waals surface area contributed by atoms with Gasteiger partial charge in [0.1, 0.15) is 6.10 Å². The minimum absolute atomic E-state index is 0.0638. The van der Waals surface area contributed by atoms with Crippen molar-refractivity contribution in [1.29, 1.82) is 0 Å². The Morgan fingerprint density at radius 2 is 2.06 bits per heavy atom. The number of benzene rings is 1. The van der Waals surface area contributed by atoms with Crippen LogP contribution in [0.5, 0.6) is 0 Å². The van der Waals surface area contributed by atoms with Gasteiger partial charge in [-0.2, -0.15) is 0 Å². The first kappa shape index (κ1) is 12.1. The van der Waals surface area contributed by atoms with Crippen LogP contribution in [0.3, 0.4) is 0 Å². The van der Waals surface area contributed by atoms with E-state index in [9.17, 15) is 4.79 Å². The number of ether oxygens (including phenoxy) is 1. The molecule has 1 aliphatic heterocycles. The second kappa shape index (κ2) is 5.32. The van der Waals surface area contributed by atoms with Crippen LogP contribution in [-0.4, -0.2) is 36.6 Å². The van der Waals surface area contributed by atoms with Crippen LogP contribution in [0.2, 0.25) is 0 Å². The van der Waals surface area contributed by atoms with Crippen molar-refractivity contribution >= 4 is 5.97 Å². The van der Waals surface area contributed by atoms with Crippen molar-refractivity contribution in [3.8, 4) is 0 Å². The topological polar surface area (TPSA) is 29.5 Å². The summed E-state index contributed by atoms with van der Waals surface area (Å²) in [6.07, 6.45) is 1.92. The van der Waals surface area contributed by atoms with E-state index >= 15 is 0 Å². The SMILES string of the molecule is CC1CC(OC(=O)c2ccccc2)CCN1C. The maximum atomic E-state index is 11.9. The zero-order valence-corrected chi connectivity index (χ0v) is 10.4. The first-order chi connectivity index (χ1) is 8.16. The first-order valence-electron chi connectivity index (χ1n) is 6.13. The Morgan fingerprint density at radius 3 is 2.71 bits per heavy atom. The Balaban J connectivity index is 1.92. The summed E-state index contributed by atoms with van der Waals surface area (Å²) < 4.78 is 5.53. The lowest BCUT2D eigenvalue weighted by molar-refractivity contribution is 0.00426. The molecule has 0 bridgehead atoms. The van der Waals surface area contributed by atoms with Crippen molar-refractivity contribution in [2.75, 3.05) is 13.6 Å². The Morgan fingerprint density at radius 1 is 1.35 bits per heavy atom. The second-order valence-electron chi connectivity index (χ2n) is 4.75. The largest absolute Gasteiger partial charge is 0.459 e. The Bertz CT molecular complexity index is 377. The van der Waals surface area contributed by atoms with E-state index in [-0.39, 0.29) is 12.1 Å². The molecule has 1 aliphatic rings. The molecule has 1 heterocycles. The molecule has 0 aliphatic carbocycles. The molecule has 1 fully saturated rings. The maximum absolute atomic E-state index is 11.9. The van der Waals surface area contributed by atoms with Gasteiger partial charge in [-0.1, -0.05) is 18.2 Å². The molecular formula is C14H19NO2. The molecule has 1 aromatic rings. The fourth-order valence-corrected chi connectivity index (χ4v) is 2.15. The third-order valence-electron chi connectivity index (χ3n) is 3.44. The summed E-state index contributed by atoms with van der Waals surface area (Å²) in [7, 11) is 2.11. The number of esters is 1. The van der Waals surface area contributed by atoms with Crippen molar-refractivity contribution < 1.29 is 9.53 Å². The van der Waals surface area contributed by atoms with Gasteiger partial charge in [-0.25, -0.2) is 4.79 Å². The molecule has 0 spiro atoms. The molecule has 0 saturated carbocycles. The van der Waals surface area contributed by atoms with E-state index in [2.05, 4.69) is 18.9 Å². The van der Waals surface area contributed by atoms with Crippen LogP contribution in [0.1, 0.15) is 30.1 Å². The van der Waals surface area contributed by atoms with E-state index in [1.807, 2.05) is 18.2 Å². The average Bonchev–Trinajstić information content (AvgIpc) is 2.35. The summed E-state index contributed by atoms with van der Waals surface area (Å²) in [5, 5.41) is 0. The van der Waals surface area contributed by atoms with E-state index < -0.39 is 0 Å². The van der Waals surface area contributed by atoms with Crippen LogP contribution in [-0.2, 0) is 4.74 Å². The molecule has 2 unspecified atom stereocenters. The zero-order valence-electron chi connectivity index (χ0n) is 10.4. The van der Waals surface area contributed by atoms with Crippen LogP contribution >= 0.6 is 0 Å². The number of nitrogens with zero attached hydrogens (tertiary/aromatic N) is 1. The highest BCUT2D eigenvalue weighted by atomic mass is 16.5. The summed E-state index contributed by atoms with van der Waals surface area (Å²) in [5.74, 6) is -0.202. The summed E-state index contributed by atoms with van der Waals surface area (Å²) in [6.45, 7) is 3.16. The van der Waals surface area contributed by atoms with Gasteiger partial charge >= 0.3 is 5.97 Å². The van der Waals surface area contributed by atoms with Gasteiger partial charge in [0.05, 0.1) is 5.56 Å². The molecule has 0 N–H and O–H groups in total. The first-order valence-corrected chi connectivity index (χ1v) is 6.13. The molecule has 0 radical (unpaired) electrons. The van der Waals surface area contributed by atoms with E-state index in [4.69, 9.17) is 4.74 Å².